The van der Waals surface area contributed by atoms with Gasteiger partial charge in [0.1, 0.15) is 17.8 Å². The summed E-state index contributed by atoms with van der Waals surface area (Å²) in [6, 6.07) is 5.63. The summed E-state index contributed by atoms with van der Waals surface area (Å²) in [4.78, 5) is 16.1. The van der Waals surface area contributed by atoms with Crippen LogP contribution in [0.4, 0.5) is 4.39 Å². The van der Waals surface area contributed by atoms with Crippen molar-refractivity contribution in [2.75, 3.05) is 13.2 Å². The third kappa shape index (κ3) is 4.55. The Labute approximate surface area is 139 Å². The molecule has 1 fully saturated rings. The van der Waals surface area contributed by atoms with Gasteiger partial charge in [0, 0.05) is 13.2 Å². The topological polar surface area (TPSA) is 73.6 Å². The average molecular weight is 334 g/mol. The molecule has 1 aromatic carbocycles. The van der Waals surface area contributed by atoms with Gasteiger partial charge in [-0.3, -0.25) is 4.79 Å². The second kappa shape index (κ2) is 7.92. The molecule has 24 heavy (non-hydrogen) atoms. The molecule has 1 atom stereocenters. The van der Waals surface area contributed by atoms with Crippen LogP contribution in [0.2, 0.25) is 0 Å². The molecule has 1 unspecified atom stereocenters. The molecule has 6 nitrogen and oxygen atoms in total. The fourth-order valence-electron chi connectivity index (χ4n) is 2.42. The first kappa shape index (κ1) is 16.4. The molecule has 1 amide bonds. The van der Waals surface area contributed by atoms with Crippen molar-refractivity contribution in [2.45, 2.75) is 32.0 Å². The zero-order valence-electron chi connectivity index (χ0n) is 13.2. The number of hydrogen-bond donors (Lipinski definition) is 1. The van der Waals surface area contributed by atoms with Crippen molar-refractivity contribution in [1.82, 2.24) is 10.3 Å². The fourth-order valence-corrected chi connectivity index (χ4v) is 2.42. The highest BCUT2D eigenvalue weighted by molar-refractivity contribution is 5.91. The Morgan fingerprint density at radius 3 is 2.92 bits per heavy atom. The first-order valence-electron chi connectivity index (χ1n) is 7.93. The minimum Gasteiger partial charge on any atom is -0.484 e. The quantitative estimate of drug-likeness (QED) is 0.879. The summed E-state index contributed by atoms with van der Waals surface area (Å²) in [5.74, 6) is 0.133. The monoisotopic (exact) mass is 334 g/mol. The number of ether oxygens (including phenoxy) is 2. The van der Waals surface area contributed by atoms with E-state index in [1.54, 1.807) is 0 Å². The summed E-state index contributed by atoms with van der Waals surface area (Å²) in [5, 5.41) is 2.79. The molecular weight excluding hydrogens is 315 g/mol. The van der Waals surface area contributed by atoms with Gasteiger partial charge in [-0.05, 0) is 43.5 Å². The van der Waals surface area contributed by atoms with E-state index in [4.69, 9.17) is 13.9 Å². The van der Waals surface area contributed by atoms with Crippen LogP contribution in [0.5, 0.6) is 5.75 Å². The van der Waals surface area contributed by atoms with Crippen molar-refractivity contribution in [1.29, 1.82) is 0 Å². The second-order valence-corrected chi connectivity index (χ2v) is 5.57. The minimum atomic E-state index is -0.334. The smallest absolute Gasteiger partial charge is 0.273 e. The van der Waals surface area contributed by atoms with Gasteiger partial charge in [-0.15, -0.1) is 0 Å². The standard InChI is InChI=1S/C17H19FN2O4/c18-12-4-6-13(7-5-12)23-11-16-20-15(10-24-16)17(21)19-9-14-3-1-2-8-22-14/h4-7,10,14H,1-3,8-9,11H2,(H,19,21). The molecule has 0 saturated carbocycles. The van der Waals surface area contributed by atoms with E-state index in [1.807, 2.05) is 0 Å². The summed E-state index contributed by atoms with van der Waals surface area (Å²) in [6.45, 7) is 1.27. The number of nitrogens with one attached hydrogen (secondary N) is 1. The SMILES string of the molecule is O=C(NCC1CCCCO1)c1coc(COc2ccc(F)cc2)n1. The van der Waals surface area contributed by atoms with Crippen molar-refractivity contribution < 1.29 is 23.1 Å². The van der Waals surface area contributed by atoms with Crippen LogP contribution < -0.4 is 10.1 Å². The Bertz CT molecular complexity index is 665. The molecule has 0 aliphatic carbocycles. The van der Waals surface area contributed by atoms with Crippen molar-refractivity contribution in [3.05, 3.63) is 47.9 Å². The highest BCUT2D eigenvalue weighted by atomic mass is 19.1. The van der Waals surface area contributed by atoms with Crippen LogP contribution in [-0.4, -0.2) is 30.1 Å². The van der Waals surface area contributed by atoms with Crippen LogP contribution in [0.15, 0.2) is 34.9 Å². The van der Waals surface area contributed by atoms with Crippen LogP contribution in [-0.2, 0) is 11.3 Å². The number of carbonyl (C=O) groups excluding carboxylic acids is 1. The Morgan fingerprint density at radius 2 is 2.17 bits per heavy atom. The molecule has 1 aliphatic rings. The van der Waals surface area contributed by atoms with Crippen LogP contribution in [0.1, 0.15) is 35.6 Å². The largest absolute Gasteiger partial charge is 0.484 e. The number of hydrogen-bond acceptors (Lipinski definition) is 5. The van der Waals surface area contributed by atoms with E-state index in [9.17, 15) is 9.18 Å². The zero-order valence-corrected chi connectivity index (χ0v) is 13.2. The van der Waals surface area contributed by atoms with E-state index in [0.29, 0.717) is 12.3 Å². The van der Waals surface area contributed by atoms with Gasteiger partial charge in [0.05, 0.1) is 6.10 Å². The number of amides is 1. The molecule has 3 rings (SSSR count). The third-order valence-corrected chi connectivity index (χ3v) is 3.72. The lowest BCUT2D eigenvalue weighted by Crippen LogP contribution is -2.35. The summed E-state index contributed by atoms with van der Waals surface area (Å²) in [7, 11) is 0. The van der Waals surface area contributed by atoms with Gasteiger partial charge in [0.25, 0.3) is 5.91 Å². The maximum Gasteiger partial charge on any atom is 0.273 e. The molecule has 128 valence electrons. The van der Waals surface area contributed by atoms with Crippen molar-refractivity contribution >= 4 is 5.91 Å². The van der Waals surface area contributed by atoms with Crippen molar-refractivity contribution in [2.24, 2.45) is 0 Å². The van der Waals surface area contributed by atoms with E-state index in [2.05, 4.69) is 10.3 Å². The highest BCUT2D eigenvalue weighted by Gasteiger charge is 2.17. The molecule has 1 N–H and O–H groups in total. The Morgan fingerprint density at radius 1 is 1.33 bits per heavy atom. The van der Waals surface area contributed by atoms with Gasteiger partial charge in [0.2, 0.25) is 5.89 Å². The van der Waals surface area contributed by atoms with E-state index < -0.39 is 0 Å². The fraction of sp³-hybridized carbons (Fsp3) is 0.412. The highest BCUT2D eigenvalue weighted by Crippen LogP contribution is 2.14. The molecule has 1 saturated heterocycles. The van der Waals surface area contributed by atoms with Gasteiger partial charge >= 0.3 is 0 Å². The van der Waals surface area contributed by atoms with Crippen LogP contribution in [0.3, 0.4) is 0 Å². The Kier molecular flexibility index (Phi) is 5.43. The number of rotatable bonds is 6. The summed E-state index contributed by atoms with van der Waals surface area (Å²) in [6.07, 6.45) is 4.51. The van der Waals surface area contributed by atoms with E-state index in [1.165, 1.54) is 30.5 Å². The number of halogens is 1. The number of nitrogens with zero attached hydrogens (tertiary/aromatic N) is 1. The Balaban J connectivity index is 1.47. The predicted octanol–water partition coefficient (Wildman–Crippen LogP) is 2.69. The minimum absolute atomic E-state index is 0.0602. The molecule has 2 heterocycles. The molecule has 2 aromatic rings. The maximum atomic E-state index is 12.8. The van der Waals surface area contributed by atoms with Crippen molar-refractivity contribution in [3.8, 4) is 5.75 Å². The molecule has 0 spiro atoms. The molecule has 0 bridgehead atoms. The van der Waals surface area contributed by atoms with Crippen LogP contribution >= 0.6 is 0 Å². The zero-order chi connectivity index (χ0) is 16.8. The lowest BCUT2D eigenvalue weighted by atomic mass is 10.1. The summed E-state index contributed by atoms with van der Waals surface area (Å²) >= 11 is 0. The summed E-state index contributed by atoms with van der Waals surface area (Å²) in [5.41, 5.74) is 0.198. The van der Waals surface area contributed by atoms with E-state index >= 15 is 0 Å². The van der Waals surface area contributed by atoms with Gasteiger partial charge in [-0.25, -0.2) is 9.37 Å². The van der Waals surface area contributed by atoms with E-state index in [-0.39, 0.29) is 36.0 Å². The van der Waals surface area contributed by atoms with Gasteiger partial charge in [0.15, 0.2) is 12.3 Å². The molecular formula is C17H19FN2O4. The first-order chi connectivity index (χ1) is 11.7. The average Bonchev–Trinajstić information content (AvgIpc) is 3.09. The maximum absolute atomic E-state index is 12.8. The molecule has 1 aliphatic heterocycles. The Hall–Kier alpha value is -2.41. The third-order valence-electron chi connectivity index (χ3n) is 3.72. The number of carbonyl (C=O) groups is 1. The van der Waals surface area contributed by atoms with Crippen molar-refractivity contribution in [3.63, 3.8) is 0 Å². The van der Waals surface area contributed by atoms with Gasteiger partial charge in [-0.2, -0.15) is 0 Å². The van der Waals surface area contributed by atoms with Crippen LogP contribution in [0.25, 0.3) is 0 Å². The molecule has 7 heteroatoms. The molecule has 0 radical (unpaired) electrons. The number of oxazole rings is 1. The van der Waals surface area contributed by atoms with Gasteiger partial charge in [-0.1, -0.05) is 0 Å². The first-order valence-corrected chi connectivity index (χ1v) is 7.93. The lowest BCUT2D eigenvalue weighted by molar-refractivity contribution is 0.0168. The number of benzene rings is 1. The second-order valence-electron chi connectivity index (χ2n) is 5.57. The van der Waals surface area contributed by atoms with Crippen LogP contribution in [0, 0.1) is 5.82 Å². The van der Waals surface area contributed by atoms with E-state index in [0.717, 1.165) is 25.9 Å². The number of aromatic nitrogens is 1. The predicted molar refractivity (Wildman–Crippen MR) is 83.2 cm³/mol. The molecule has 1 aromatic heterocycles. The lowest BCUT2D eigenvalue weighted by Gasteiger charge is -2.22. The summed E-state index contributed by atoms with van der Waals surface area (Å²) < 4.78 is 29.0. The van der Waals surface area contributed by atoms with Gasteiger partial charge < -0.3 is 19.2 Å². The normalized spacial score (nSPS) is 17.5.